The first-order valence-electron chi connectivity index (χ1n) is 9.94. The van der Waals surface area contributed by atoms with Gasteiger partial charge in [0.25, 0.3) is 5.56 Å². The second kappa shape index (κ2) is 13.2. The lowest BCUT2D eigenvalue weighted by atomic mass is 9.89. The van der Waals surface area contributed by atoms with Gasteiger partial charge in [0.2, 0.25) is 0 Å². The number of nitrogens with zero attached hydrogens (tertiary/aromatic N) is 2. The summed E-state index contributed by atoms with van der Waals surface area (Å²) >= 11 is 0. The smallest absolute Gasteiger partial charge is 0.250 e. The molecule has 0 aliphatic heterocycles. The molecule has 0 fully saturated rings. The number of nitrogens with one attached hydrogen (secondary N) is 2. The van der Waals surface area contributed by atoms with Gasteiger partial charge in [-0.2, -0.15) is 0 Å². The zero-order valence-corrected chi connectivity index (χ0v) is 20.3. The van der Waals surface area contributed by atoms with Crippen molar-refractivity contribution in [2.75, 3.05) is 13.1 Å². The number of aliphatic imine (C=N–C) groups is 1. The number of rotatable bonds is 9. The highest BCUT2D eigenvalue weighted by Crippen LogP contribution is 2.21. The molecule has 1 aromatic rings. The van der Waals surface area contributed by atoms with E-state index in [9.17, 15) is 4.79 Å². The average molecular weight is 490 g/mol. The zero-order chi connectivity index (χ0) is 19.6. The summed E-state index contributed by atoms with van der Waals surface area (Å²) in [7, 11) is 0. The van der Waals surface area contributed by atoms with Crippen LogP contribution in [-0.4, -0.2) is 29.7 Å². The number of aromatic nitrogens is 1. The molecule has 0 aliphatic rings. The maximum Gasteiger partial charge on any atom is 0.250 e. The van der Waals surface area contributed by atoms with E-state index in [4.69, 9.17) is 0 Å². The molecule has 2 N–H and O–H groups in total. The quantitative estimate of drug-likeness (QED) is 0.235. The molecule has 6 heteroatoms. The monoisotopic (exact) mass is 490 g/mol. The summed E-state index contributed by atoms with van der Waals surface area (Å²) in [6.45, 7) is 15.5. The SMILES string of the molecule is CCNC(=NCCCCn1c(C)cccc1=O)NC(C)CCC(C)(C)C.I. The fraction of sp³-hybridized carbons (Fsp3) is 0.714. The van der Waals surface area contributed by atoms with Crippen LogP contribution >= 0.6 is 24.0 Å². The van der Waals surface area contributed by atoms with Gasteiger partial charge in [0.15, 0.2) is 5.96 Å². The summed E-state index contributed by atoms with van der Waals surface area (Å²) in [5, 5.41) is 6.82. The van der Waals surface area contributed by atoms with Crippen molar-refractivity contribution >= 4 is 29.9 Å². The normalized spacial score (nSPS) is 13.0. The third kappa shape index (κ3) is 11.4. The Kier molecular flexibility index (Phi) is 12.7. The number of aryl methyl sites for hydroxylation is 1. The maximum absolute atomic E-state index is 11.9. The Labute approximate surface area is 182 Å². The van der Waals surface area contributed by atoms with Crippen molar-refractivity contribution in [3.8, 4) is 0 Å². The Morgan fingerprint density at radius 1 is 1.26 bits per heavy atom. The first kappa shape index (κ1) is 26.0. The molecule has 5 nitrogen and oxygen atoms in total. The first-order chi connectivity index (χ1) is 12.2. The minimum Gasteiger partial charge on any atom is -0.357 e. The van der Waals surface area contributed by atoms with Gasteiger partial charge in [0, 0.05) is 37.4 Å². The van der Waals surface area contributed by atoms with Crippen molar-refractivity contribution in [2.45, 2.75) is 79.8 Å². The molecule has 27 heavy (non-hydrogen) atoms. The van der Waals surface area contributed by atoms with Crippen molar-refractivity contribution in [1.29, 1.82) is 0 Å². The lowest BCUT2D eigenvalue weighted by molar-refractivity contribution is 0.346. The number of unbranched alkanes of at least 4 members (excludes halogenated alkanes) is 1. The number of pyridine rings is 1. The Bertz CT molecular complexity index is 619. The maximum atomic E-state index is 11.9. The highest BCUT2D eigenvalue weighted by molar-refractivity contribution is 14.0. The van der Waals surface area contributed by atoms with Gasteiger partial charge in [-0.1, -0.05) is 26.8 Å². The van der Waals surface area contributed by atoms with E-state index in [1.165, 1.54) is 6.42 Å². The van der Waals surface area contributed by atoms with Crippen LogP contribution in [-0.2, 0) is 6.54 Å². The molecule has 0 saturated carbocycles. The van der Waals surface area contributed by atoms with E-state index in [1.54, 1.807) is 6.07 Å². The Balaban J connectivity index is 0.00000676. The molecule has 0 amide bonds. The summed E-state index contributed by atoms with van der Waals surface area (Å²) in [6, 6.07) is 5.81. The van der Waals surface area contributed by atoms with Gasteiger partial charge in [-0.25, -0.2) is 0 Å². The average Bonchev–Trinajstić information content (AvgIpc) is 2.54. The van der Waals surface area contributed by atoms with Crippen LogP contribution < -0.4 is 16.2 Å². The van der Waals surface area contributed by atoms with Crippen LogP contribution in [0.2, 0.25) is 0 Å². The van der Waals surface area contributed by atoms with Crippen molar-refractivity contribution in [3.05, 3.63) is 34.2 Å². The highest BCUT2D eigenvalue weighted by atomic mass is 127. The van der Waals surface area contributed by atoms with E-state index in [1.807, 2.05) is 23.6 Å². The predicted octanol–water partition coefficient (Wildman–Crippen LogP) is 4.32. The lowest BCUT2D eigenvalue weighted by Gasteiger charge is -2.23. The summed E-state index contributed by atoms with van der Waals surface area (Å²) in [5.74, 6) is 0.891. The van der Waals surface area contributed by atoms with Crippen LogP contribution in [0.1, 0.15) is 66.0 Å². The Morgan fingerprint density at radius 2 is 1.96 bits per heavy atom. The van der Waals surface area contributed by atoms with E-state index >= 15 is 0 Å². The predicted molar refractivity (Wildman–Crippen MR) is 127 cm³/mol. The lowest BCUT2D eigenvalue weighted by Crippen LogP contribution is -2.42. The van der Waals surface area contributed by atoms with Gasteiger partial charge in [-0.15, -0.1) is 24.0 Å². The molecule has 0 saturated heterocycles. The second-order valence-electron chi connectivity index (χ2n) is 8.27. The minimum atomic E-state index is 0. The molecule has 1 rings (SSSR count). The zero-order valence-electron chi connectivity index (χ0n) is 18.0. The third-order valence-corrected chi connectivity index (χ3v) is 4.38. The number of hydrogen-bond donors (Lipinski definition) is 2. The van der Waals surface area contributed by atoms with E-state index < -0.39 is 0 Å². The van der Waals surface area contributed by atoms with Gasteiger partial charge in [0.1, 0.15) is 0 Å². The van der Waals surface area contributed by atoms with Crippen molar-refractivity contribution in [1.82, 2.24) is 15.2 Å². The molecule has 1 unspecified atom stereocenters. The molecule has 1 atom stereocenters. The molecule has 1 heterocycles. The summed E-state index contributed by atoms with van der Waals surface area (Å²) in [4.78, 5) is 16.5. The number of hydrogen-bond acceptors (Lipinski definition) is 2. The Hall–Kier alpha value is -1.05. The molecule has 0 aromatic carbocycles. The van der Waals surface area contributed by atoms with Gasteiger partial charge in [-0.3, -0.25) is 9.79 Å². The molecule has 0 bridgehead atoms. The van der Waals surface area contributed by atoms with Crippen LogP contribution in [0, 0.1) is 12.3 Å². The summed E-state index contributed by atoms with van der Waals surface area (Å²) < 4.78 is 1.84. The summed E-state index contributed by atoms with van der Waals surface area (Å²) in [5.41, 5.74) is 1.46. The first-order valence-corrected chi connectivity index (χ1v) is 9.94. The fourth-order valence-electron chi connectivity index (χ4n) is 2.76. The molecular weight excluding hydrogens is 451 g/mol. The molecule has 0 aliphatic carbocycles. The topological polar surface area (TPSA) is 58.4 Å². The van der Waals surface area contributed by atoms with Crippen molar-refractivity contribution < 1.29 is 0 Å². The van der Waals surface area contributed by atoms with E-state index in [0.717, 1.165) is 50.6 Å². The molecule has 1 aromatic heterocycles. The van der Waals surface area contributed by atoms with Gasteiger partial charge < -0.3 is 15.2 Å². The molecule has 0 radical (unpaired) electrons. The highest BCUT2D eigenvalue weighted by Gasteiger charge is 2.13. The van der Waals surface area contributed by atoms with E-state index in [0.29, 0.717) is 11.5 Å². The number of halogens is 1. The minimum absolute atomic E-state index is 0. The Morgan fingerprint density at radius 3 is 2.56 bits per heavy atom. The van der Waals surface area contributed by atoms with Crippen LogP contribution in [0.5, 0.6) is 0 Å². The largest absolute Gasteiger partial charge is 0.357 e. The van der Waals surface area contributed by atoms with E-state index in [-0.39, 0.29) is 29.5 Å². The van der Waals surface area contributed by atoms with Crippen molar-refractivity contribution in [3.63, 3.8) is 0 Å². The van der Waals surface area contributed by atoms with Gasteiger partial charge in [-0.05, 0) is 57.9 Å². The van der Waals surface area contributed by atoms with Crippen molar-refractivity contribution in [2.24, 2.45) is 10.4 Å². The van der Waals surface area contributed by atoms with Crippen LogP contribution in [0.25, 0.3) is 0 Å². The molecule has 156 valence electrons. The second-order valence-corrected chi connectivity index (χ2v) is 8.27. The molecular formula is C21H39IN4O. The standard InChI is InChI=1S/C21H38N4O.HI/c1-7-22-20(24-17(2)13-14-21(4,5)6)23-15-8-9-16-25-18(3)11-10-12-19(25)26;/h10-12,17H,7-9,13-16H2,1-6H3,(H2,22,23,24);1H. The van der Waals surface area contributed by atoms with Crippen LogP contribution in [0.4, 0.5) is 0 Å². The van der Waals surface area contributed by atoms with Gasteiger partial charge >= 0.3 is 0 Å². The van der Waals surface area contributed by atoms with Crippen LogP contribution in [0.15, 0.2) is 28.0 Å². The fourth-order valence-corrected chi connectivity index (χ4v) is 2.76. The summed E-state index contributed by atoms with van der Waals surface area (Å²) in [6.07, 6.45) is 4.23. The number of guanidine groups is 1. The molecule has 0 spiro atoms. The van der Waals surface area contributed by atoms with Crippen LogP contribution in [0.3, 0.4) is 0 Å². The third-order valence-electron chi connectivity index (χ3n) is 4.38. The van der Waals surface area contributed by atoms with E-state index in [2.05, 4.69) is 50.2 Å². The van der Waals surface area contributed by atoms with Gasteiger partial charge in [0.05, 0.1) is 0 Å².